The smallest absolute Gasteiger partial charge is 0.264 e. The topological polar surface area (TPSA) is 52.6 Å². The summed E-state index contributed by atoms with van der Waals surface area (Å²) in [4.78, 5) is 0. The Morgan fingerprint density at radius 3 is 2.09 bits per heavy atom. The molecule has 1 aliphatic carbocycles. The minimum atomic E-state index is -3.34. The van der Waals surface area contributed by atoms with Crippen molar-refractivity contribution in [1.82, 2.24) is 0 Å². The number of hydrogen-bond donors (Lipinski definition) is 0. The normalized spacial score (nSPS) is 29.9. The molecule has 0 radical (unpaired) electrons. The molecule has 0 heterocycles. The third-order valence-electron chi connectivity index (χ3n) is 5.95. The van der Waals surface area contributed by atoms with E-state index in [0.717, 1.165) is 19.3 Å². The minimum Gasteiger partial charge on any atom is -0.417 e. The summed E-state index contributed by atoms with van der Waals surface area (Å²) in [6, 6.07) is 0. The first-order valence-corrected chi connectivity index (χ1v) is 13.5. The molecule has 1 fully saturated rings. The molecule has 1 saturated carbocycles. The summed E-state index contributed by atoms with van der Waals surface area (Å²) in [6.45, 7) is 17.0. The van der Waals surface area contributed by atoms with Crippen molar-refractivity contribution in [2.75, 3.05) is 19.5 Å². The molecule has 0 aliphatic heterocycles. The van der Waals surface area contributed by atoms with Crippen LogP contribution >= 0.6 is 0 Å². The molecule has 4 nitrogen and oxygen atoms in total. The summed E-state index contributed by atoms with van der Waals surface area (Å²) in [5, 5.41) is 0.218. The second kappa shape index (κ2) is 7.54. The lowest BCUT2D eigenvalue weighted by Crippen LogP contribution is -2.42. The van der Waals surface area contributed by atoms with Crippen molar-refractivity contribution >= 4 is 18.4 Å². The van der Waals surface area contributed by atoms with Crippen LogP contribution in [-0.2, 0) is 18.7 Å². The molecule has 0 aromatic rings. The van der Waals surface area contributed by atoms with E-state index in [1.165, 1.54) is 6.42 Å². The van der Waals surface area contributed by atoms with Gasteiger partial charge >= 0.3 is 0 Å². The summed E-state index contributed by atoms with van der Waals surface area (Å²) in [6.07, 6.45) is 3.10. The van der Waals surface area contributed by atoms with E-state index in [2.05, 4.69) is 47.7 Å². The summed E-state index contributed by atoms with van der Waals surface area (Å²) in [7, 11) is -5.09. The molecule has 6 heteroatoms. The molecule has 0 spiro atoms. The van der Waals surface area contributed by atoms with Gasteiger partial charge in [0.25, 0.3) is 10.1 Å². The van der Waals surface area contributed by atoms with Crippen molar-refractivity contribution < 1.29 is 17.0 Å². The van der Waals surface area contributed by atoms with Crippen LogP contribution in [0.1, 0.15) is 47.5 Å². The summed E-state index contributed by atoms with van der Waals surface area (Å²) >= 11 is 0. The van der Waals surface area contributed by atoms with Gasteiger partial charge in [-0.2, -0.15) is 8.42 Å². The molecule has 0 N–H and O–H groups in total. The summed E-state index contributed by atoms with van der Waals surface area (Å²) < 4.78 is 33.7. The third kappa shape index (κ3) is 6.14. The Morgan fingerprint density at radius 2 is 1.61 bits per heavy atom. The third-order valence-corrected chi connectivity index (χ3v) is 11.0. The lowest BCUT2D eigenvalue weighted by Gasteiger charge is -2.38. The average Bonchev–Trinajstić information content (AvgIpc) is 2.59. The van der Waals surface area contributed by atoms with Crippen LogP contribution in [0.3, 0.4) is 0 Å². The van der Waals surface area contributed by atoms with Crippen molar-refractivity contribution in [3.05, 3.63) is 0 Å². The Labute approximate surface area is 144 Å². The largest absolute Gasteiger partial charge is 0.417 e. The first-order valence-electron chi connectivity index (χ1n) is 8.73. The minimum absolute atomic E-state index is 0.218. The van der Waals surface area contributed by atoms with E-state index in [1.807, 2.05) is 0 Å². The van der Waals surface area contributed by atoms with Gasteiger partial charge in [-0.1, -0.05) is 34.6 Å². The fourth-order valence-corrected chi connectivity index (χ4v) is 4.86. The van der Waals surface area contributed by atoms with E-state index in [1.54, 1.807) is 0 Å². The number of rotatable bonds is 7. The Balaban J connectivity index is 2.66. The molecule has 138 valence electrons. The van der Waals surface area contributed by atoms with Crippen molar-refractivity contribution in [2.45, 2.75) is 65.6 Å². The van der Waals surface area contributed by atoms with Gasteiger partial charge in [-0.05, 0) is 54.6 Å². The first-order chi connectivity index (χ1) is 10.2. The van der Waals surface area contributed by atoms with Crippen molar-refractivity contribution in [2.24, 2.45) is 23.7 Å². The highest BCUT2D eigenvalue weighted by Crippen LogP contribution is 2.45. The van der Waals surface area contributed by atoms with E-state index in [9.17, 15) is 8.42 Å². The Kier molecular flexibility index (Phi) is 6.93. The molecule has 4 atom stereocenters. The molecule has 0 aromatic heterocycles. The molecule has 0 unspecified atom stereocenters. The molecule has 1 aliphatic rings. The maximum atomic E-state index is 11.2. The fourth-order valence-electron chi connectivity index (χ4n) is 3.42. The summed E-state index contributed by atoms with van der Waals surface area (Å²) in [5.41, 5.74) is 0. The quantitative estimate of drug-likeness (QED) is 0.500. The van der Waals surface area contributed by atoms with Crippen molar-refractivity contribution in [3.63, 3.8) is 0 Å². The molecular weight excluding hydrogens is 328 g/mol. The highest BCUT2D eigenvalue weighted by molar-refractivity contribution is 7.85. The molecule has 0 bridgehead atoms. The Morgan fingerprint density at radius 1 is 1.09 bits per heavy atom. The van der Waals surface area contributed by atoms with Gasteiger partial charge in [0.15, 0.2) is 8.32 Å². The van der Waals surface area contributed by atoms with E-state index in [-0.39, 0.29) is 11.6 Å². The summed E-state index contributed by atoms with van der Waals surface area (Å²) in [5.74, 6) is 2.21. The number of hydrogen-bond acceptors (Lipinski definition) is 4. The van der Waals surface area contributed by atoms with Crippen LogP contribution in [0.25, 0.3) is 0 Å². The van der Waals surface area contributed by atoms with Crippen LogP contribution in [0.5, 0.6) is 0 Å². The molecule has 23 heavy (non-hydrogen) atoms. The second-order valence-corrected chi connectivity index (χ2v) is 15.4. The van der Waals surface area contributed by atoms with Crippen LogP contribution < -0.4 is 0 Å². The van der Waals surface area contributed by atoms with Crippen molar-refractivity contribution in [1.29, 1.82) is 0 Å². The van der Waals surface area contributed by atoms with Crippen molar-refractivity contribution in [3.8, 4) is 0 Å². The lowest BCUT2D eigenvalue weighted by atomic mass is 9.86. The predicted octanol–water partition coefficient (Wildman–Crippen LogP) is 4.28. The highest BCUT2D eigenvalue weighted by Gasteiger charge is 2.42. The van der Waals surface area contributed by atoms with Gasteiger partial charge in [0.2, 0.25) is 0 Å². The van der Waals surface area contributed by atoms with E-state index in [0.29, 0.717) is 23.7 Å². The van der Waals surface area contributed by atoms with Gasteiger partial charge in [-0.3, -0.25) is 4.18 Å². The van der Waals surface area contributed by atoms with Crippen LogP contribution in [0.15, 0.2) is 0 Å². The van der Waals surface area contributed by atoms with Gasteiger partial charge in [0.1, 0.15) is 0 Å². The van der Waals surface area contributed by atoms with Gasteiger partial charge in [-0.25, -0.2) is 0 Å². The fraction of sp³-hybridized carbons (Fsp3) is 1.00. The zero-order valence-corrected chi connectivity index (χ0v) is 18.0. The molecule has 0 saturated heterocycles. The van der Waals surface area contributed by atoms with Crippen LogP contribution in [0, 0.1) is 23.7 Å². The predicted molar refractivity (Wildman–Crippen MR) is 98.5 cm³/mol. The SMILES string of the molecule is C[C@@H]1C[C@H](C)[C@H](CCOS(C)(=O)=O)[C@H]1CO[Si](C)(C)C(C)(C)C. The van der Waals surface area contributed by atoms with Crippen LogP contribution in [0.4, 0.5) is 0 Å². The van der Waals surface area contributed by atoms with Crippen LogP contribution in [-0.4, -0.2) is 36.2 Å². The molecular formula is C17H36O4SSi. The molecule has 1 rings (SSSR count). The standard InChI is InChI=1S/C17H36O4SSi/c1-13-11-14(2)16(12-21-23(7,8)17(3,4)5)15(13)9-10-20-22(6,18)19/h13-16H,9-12H2,1-8H3/t13-,14+,15-,16-/m0/s1. The molecule has 0 aromatic carbocycles. The monoisotopic (exact) mass is 364 g/mol. The Hall–Kier alpha value is 0.0869. The zero-order valence-electron chi connectivity index (χ0n) is 16.2. The van der Waals surface area contributed by atoms with Crippen LogP contribution in [0.2, 0.25) is 18.1 Å². The van der Waals surface area contributed by atoms with E-state index >= 15 is 0 Å². The van der Waals surface area contributed by atoms with E-state index < -0.39 is 18.4 Å². The van der Waals surface area contributed by atoms with Gasteiger partial charge < -0.3 is 4.43 Å². The second-order valence-electron chi connectivity index (χ2n) is 8.90. The van der Waals surface area contributed by atoms with E-state index in [4.69, 9.17) is 8.61 Å². The average molecular weight is 365 g/mol. The maximum Gasteiger partial charge on any atom is 0.264 e. The van der Waals surface area contributed by atoms with Gasteiger partial charge in [0, 0.05) is 6.61 Å². The lowest BCUT2D eigenvalue weighted by molar-refractivity contribution is 0.145. The molecule has 0 amide bonds. The van der Waals surface area contributed by atoms with Gasteiger partial charge in [-0.15, -0.1) is 0 Å². The maximum absolute atomic E-state index is 11.2. The first kappa shape index (κ1) is 21.1. The highest BCUT2D eigenvalue weighted by atomic mass is 32.2. The van der Waals surface area contributed by atoms with Gasteiger partial charge in [0.05, 0.1) is 12.9 Å². The Bertz CT molecular complexity index is 481. The zero-order chi connectivity index (χ0) is 18.1.